The SMILES string of the molecule is COc1ccc(OCCNc2nc(C)cc(NCc3ccc(F)cc3)n2)cc1. The molecule has 0 spiro atoms. The lowest BCUT2D eigenvalue weighted by Gasteiger charge is -2.11. The number of nitrogens with zero attached hydrogens (tertiary/aromatic N) is 2. The van der Waals surface area contributed by atoms with Crippen LogP contribution >= 0.6 is 0 Å². The average Bonchev–Trinajstić information content (AvgIpc) is 2.71. The summed E-state index contributed by atoms with van der Waals surface area (Å²) in [4.78, 5) is 8.84. The Morgan fingerprint density at radius 3 is 2.36 bits per heavy atom. The molecule has 6 nitrogen and oxygen atoms in total. The Morgan fingerprint density at radius 2 is 1.64 bits per heavy atom. The van der Waals surface area contributed by atoms with E-state index in [0.29, 0.717) is 31.5 Å². The van der Waals surface area contributed by atoms with Crippen LogP contribution in [0, 0.1) is 12.7 Å². The van der Waals surface area contributed by atoms with Gasteiger partial charge in [0.15, 0.2) is 0 Å². The van der Waals surface area contributed by atoms with Crippen LogP contribution in [0.2, 0.25) is 0 Å². The van der Waals surface area contributed by atoms with Gasteiger partial charge in [-0.3, -0.25) is 0 Å². The first-order chi connectivity index (χ1) is 13.6. The minimum Gasteiger partial charge on any atom is -0.497 e. The van der Waals surface area contributed by atoms with Gasteiger partial charge in [0.2, 0.25) is 5.95 Å². The molecular formula is C21H23FN4O2. The molecule has 0 saturated heterocycles. The Hall–Kier alpha value is -3.35. The molecule has 146 valence electrons. The highest BCUT2D eigenvalue weighted by atomic mass is 19.1. The molecule has 2 aromatic carbocycles. The van der Waals surface area contributed by atoms with Gasteiger partial charge in [-0.15, -0.1) is 0 Å². The Morgan fingerprint density at radius 1 is 0.929 bits per heavy atom. The van der Waals surface area contributed by atoms with Crippen molar-refractivity contribution >= 4 is 11.8 Å². The number of anilines is 2. The molecule has 1 heterocycles. The number of hydrogen-bond donors (Lipinski definition) is 2. The molecule has 0 radical (unpaired) electrons. The lowest BCUT2D eigenvalue weighted by atomic mass is 10.2. The van der Waals surface area contributed by atoms with Crippen molar-refractivity contribution < 1.29 is 13.9 Å². The van der Waals surface area contributed by atoms with Crippen LogP contribution in [0.25, 0.3) is 0 Å². The third-order valence-electron chi connectivity index (χ3n) is 3.95. The zero-order valence-corrected chi connectivity index (χ0v) is 15.9. The van der Waals surface area contributed by atoms with Crippen LogP contribution in [0.3, 0.4) is 0 Å². The van der Waals surface area contributed by atoms with Gasteiger partial charge in [-0.05, 0) is 48.9 Å². The van der Waals surface area contributed by atoms with E-state index in [9.17, 15) is 4.39 Å². The van der Waals surface area contributed by atoms with Gasteiger partial charge in [-0.1, -0.05) is 12.1 Å². The summed E-state index contributed by atoms with van der Waals surface area (Å²) in [6, 6.07) is 15.7. The maximum atomic E-state index is 13.0. The summed E-state index contributed by atoms with van der Waals surface area (Å²) in [6.07, 6.45) is 0. The summed E-state index contributed by atoms with van der Waals surface area (Å²) in [5, 5.41) is 6.39. The van der Waals surface area contributed by atoms with E-state index in [1.54, 1.807) is 19.2 Å². The van der Waals surface area contributed by atoms with Crippen LogP contribution in [0.15, 0.2) is 54.6 Å². The summed E-state index contributed by atoms with van der Waals surface area (Å²) < 4.78 is 23.8. The molecule has 2 N–H and O–H groups in total. The molecule has 0 amide bonds. The molecule has 0 bridgehead atoms. The van der Waals surface area contributed by atoms with Crippen molar-refractivity contribution in [1.82, 2.24) is 9.97 Å². The monoisotopic (exact) mass is 382 g/mol. The van der Waals surface area contributed by atoms with E-state index >= 15 is 0 Å². The number of ether oxygens (including phenoxy) is 2. The molecular weight excluding hydrogens is 359 g/mol. The minimum absolute atomic E-state index is 0.245. The van der Waals surface area contributed by atoms with Crippen molar-refractivity contribution in [3.05, 3.63) is 71.7 Å². The van der Waals surface area contributed by atoms with Gasteiger partial charge in [-0.2, -0.15) is 4.98 Å². The highest BCUT2D eigenvalue weighted by molar-refractivity contribution is 5.42. The van der Waals surface area contributed by atoms with Crippen molar-refractivity contribution in [3.63, 3.8) is 0 Å². The second-order valence-electron chi connectivity index (χ2n) is 6.15. The molecule has 3 rings (SSSR count). The van der Waals surface area contributed by atoms with Gasteiger partial charge in [0.1, 0.15) is 29.7 Å². The first kappa shape index (κ1) is 19.4. The smallest absolute Gasteiger partial charge is 0.224 e. The molecule has 0 aliphatic heterocycles. The number of halogens is 1. The van der Waals surface area contributed by atoms with Crippen molar-refractivity contribution in [2.24, 2.45) is 0 Å². The second kappa shape index (κ2) is 9.55. The van der Waals surface area contributed by atoms with Gasteiger partial charge in [-0.25, -0.2) is 9.37 Å². The molecule has 0 unspecified atom stereocenters. The minimum atomic E-state index is -0.245. The molecule has 0 atom stereocenters. The predicted molar refractivity (Wildman–Crippen MR) is 107 cm³/mol. The number of aromatic nitrogens is 2. The maximum absolute atomic E-state index is 13.0. The molecule has 0 aliphatic rings. The van der Waals surface area contributed by atoms with Crippen molar-refractivity contribution in [2.45, 2.75) is 13.5 Å². The standard InChI is InChI=1S/C21H23FN4O2/c1-15-13-20(24-14-16-3-5-17(22)6-4-16)26-21(25-15)23-11-12-28-19-9-7-18(27-2)8-10-19/h3-10,13H,11-12,14H2,1-2H3,(H2,23,24,25,26). The third kappa shape index (κ3) is 5.84. The van der Waals surface area contributed by atoms with E-state index in [1.807, 2.05) is 37.3 Å². The van der Waals surface area contributed by atoms with Crippen LogP contribution < -0.4 is 20.1 Å². The van der Waals surface area contributed by atoms with Crippen LogP contribution in [0.1, 0.15) is 11.3 Å². The van der Waals surface area contributed by atoms with Crippen LogP contribution in [0.5, 0.6) is 11.5 Å². The Kier molecular flexibility index (Phi) is 6.62. The number of benzene rings is 2. The van der Waals surface area contributed by atoms with Gasteiger partial charge in [0.25, 0.3) is 0 Å². The summed E-state index contributed by atoms with van der Waals surface area (Å²) in [5.41, 5.74) is 1.82. The van der Waals surface area contributed by atoms with Gasteiger partial charge >= 0.3 is 0 Å². The number of hydrogen-bond acceptors (Lipinski definition) is 6. The predicted octanol–water partition coefficient (Wildman–Crippen LogP) is 4.04. The van der Waals surface area contributed by atoms with Gasteiger partial charge in [0, 0.05) is 18.3 Å². The quantitative estimate of drug-likeness (QED) is 0.545. The third-order valence-corrected chi connectivity index (χ3v) is 3.95. The lowest BCUT2D eigenvalue weighted by molar-refractivity contribution is 0.331. The Balaban J connectivity index is 1.48. The van der Waals surface area contributed by atoms with Crippen LogP contribution in [0.4, 0.5) is 16.2 Å². The first-order valence-electron chi connectivity index (χ1n) is 8.97. The molecule has 1 aromatic heterocycles. The molecule has 28 heavy (non-hydrogen) atoms. The van der Waals surface area contributed by atoms with Crippen molar-refractivity contribution in [2.75, 3.05) is 30.9 Å². The Bertz CT molecular complexity index is 886. The number of rotatable bonds is 9. The van der Waals surface area contributed by atoms with Gasteiger partial charge < -0.3 is 20.1 Å². The van der Waals surface area contributed by atoms with Gasteiger partial charge in [0.05, 0.1) is 13.7 Å². The van der Waals surface area contributed by atoms with E-state index in [1.165, 1.54) is 12.1 Å². The molecule has 0 fully saturated rings. The highest BCUT2D eigenvalue weighted by Crippen LogP contribution is 2.17. The fourth-order valence-electron chi connectivity index (χ4n) is 2.54. The largest absolute Gasteiger partial charge is 0.497 e. The Labute approximate surface area is 163 Å². The number of aryl methyl sites for hydroxylation is 1. The van der Waals surface area contributed by atoms with Crippen LogP contribution in [-0.2, 0) is 6.54 Å². The average molecular weight is 382 g/mol. The number of nitrogens with one attached hydrogen (secondary N) is 2. The van der Waals surface area contributed by atoms with Crippen molar-refractivity contribution in [1.29, 1.82) is 0 Å². The zero-order chi connectivity index (χ0) is 19.8. The summed E-state index contributed by atoms with van der Waals surface area (Å²) in [5.74, 6) is 2.55. The van der Waals surface area contributed by atoms with Crippen LogP contribution in [-0.4, -0.2) is 30.2 Å². The highest BCUT2D eigenvalue weighted by Gasteiger charge is 2.03. The summed E-state index contributed by atoms with van der Waals surface area (Å²) >= 11 is 0. The maximum Gasteiger partial charge on any atom is 0.224 e. The van der Waals surface area contributed by atoms with E-state index < -0.39 is 0 Å². The first-order valence-corrected chi connectivity index (χ1v) is 8.97. The van der Waals surface area contributed by atoms with E-state index in [-0.39, 0.29) is 5.82 Å². The topological polar surface area (TPSA) is 68.3 Å². The van der Waals surface area contributed by atoms with Crippen molar-refractivity contribution in [3.8, 4) is 11.5 Å². The second-order valence-corrected chi connectivity index (χ2v) is 6.15. The normalized spacial score (nSPS) is 10.4. The summed E-state index contributed by atoms with van der Waals surface area (Å²) in [7, 11) is 1.63. The van der Waals surface area contributed by atoms with E-state index in [4.69, 9.17) is 9.47 Å². The summed E-state index contributed by atoms with van der Waals surface area (Å²) in [6.45, 7) is 3.50. The molecule has 7 heteroatoms. The molecule has 0 saturated carbocycles. The lowest BCUT2D eigenvalue weighted by Crippen LogP contribution is -2.14. The van der Waals surface area contributed by atoms with E-state index in [2.05, 4.69) is 20.6 Å². The fourth-order valence-corrected chi connectivity index (χ4v) is 2.54. The molecule has 3 aromatic rings. The molecule has 0 aliphatic carbocycles. The fraction of sp³-hybridized carbons (Fsp3) is 0.238. The number of methoxy groups -OCH3 is 1. The van der Waals surface area contributed by atoms with E-state index in [0.717, 1.165) is 22.8 Å². The zero-order valence-electron chi connectivity index (χ0n) is 15.9.